The molecule has 0 aliphatic carbocycles. The molecule has 1 N–H and O–H groups in total. The Balaban J connectivity index is 2.44. The van der Waals surface area contributed by atoms with Gasteiger partial charge in [0.25, 0.3) is 0 Å². The minimum Gasteiger partial charge on any atom is -0.361 e. The Morgan fingerprint density at radius 2 is 2.08 bits per heavy atom. The van der Waals surface area contributed by atoms with E-state index < -0.39 is 11.1 Å². The maximum atomic E-state index is 11.7. The van der Waals surface area contributed by atoms with Crippen molar-refractivity contribution >= 4 is 22.4 Å². The minimum absolute atomic E-state index is 0.0320. The fourth-order valence-electron chi connectivity index (χ4n) is 3.15. The first-order chi connectivity index (χ1) is 12.5. The van der Waals surface area contributed by atoms with E-state index in [0.29, 0.717) is 16.9 Å². The molecule has 0 saturated carbocycles. The summed E-state index contributed by atoms with van der Waals surface area (Å²) in [5, 5.41) is 14.0. The molecular weight excluding hydrogens is 348 g/mol. The van der Waals surface area contributed by atoms with Crippen LogP contribution in [0.3, 0.4) is 0 Å². The van der Waals surface area contributed by atoms with E-state index in [1.54, 1.807) is 12.1 Å². The second-order valence-electron chi connectivity index (χ2n) is 6.21. The standard InChI is InChI=1S/C19H20N4O2S/c1-4-15-8-9-17-18(14-7-5-6-13(10-14)11-20)16(12-26(24)25)19(22(2)3)21-23(15)17/h5-10H,4,12H2,1-3H3,(H,24,25). The lowest BCUT2D eigenvalue weighted by Gasteiger charge is -2.21. The largest absolute Gasteiger partial charge is 0.361 e. The van der Waals surface area contributed by atoms with Crippen molar-refractivity contribution < 1.29 is 8.76 Å². The number of benzene rings is 1. The van der Waals surface area contributed by atoms with Gasteiger partial charge in [0.2, 0.25) is 0 Å². The Kier molecular flexibility index (Phi) is 5.07. The summed E-state index contributed by atoms with van der Waals surface area (Å²) in [6.07, 6.45) is 0.816. The molecule has 3 aromatic rings. The van der Waals surface area contributed by atoms with Crippen molar-refractivity contribution in [1.82, 2.24) is 9.61 Å². The van der Waals surface area contributed by atoms with Crippen LogP contribution in [0.1, 0.15) is 23.7 Å². The fourth-order valence-corrected chi connectivity index (χ4v) is 3.67. The van der Waals surface area contributed by atoms with E-state index in [0.717, 1.165) is 28.8 Å². The highest BCUT2D eigenvalue weighted by Gasteiger charge is 2.21. The number of hydrogen-bond donors (Lipinski definition) is 1. The number of rotatable bonds is 5. The molecule has 6 nitrogen and oxygen atoms in total. The number of nitrogens with zero attached hydrogens (tertiary/aromatic N) is 4. The summed E-state index contributed by atoms with van der Waals surface area (Å²) in [5.74, 6) is 0.610. The summed E-state index contributed by atoms with van der Waals surface area (Å²) < 4.78 is 23.1. The van der Waals surface area contributed by atoms with Crippen LogP contribution in [-0.4, -0.2) is 32.5 Å². The lowest BCUT2D eigenvalue weighted by molar-refractivity contribution is 0.563. The molecule has 3 rings (SSSR count). The van der Waals surface area contributed by atoms with E-state index in [1.807, 2.05) is 47.8 Å². The van der Waals surface area contributed by atoms with Gasteiger partial charge in [-0.2, -0.15) is 5.26 Å². The fraction of sp³-hybridized carbons (Fsp3) is 0.263. The van der Waals surface area contributed by atoms with Crippen LogP contribution in [0.15, 0.2) is 36.4 Å². The normalized spacial score (nSPS) is 12.1. The van der Waals surface area contributed by atoms with Gasteiger partial charge in [-0.25, -0.2) is 8.72 Å². The molecule has 134 valence electrons. The molecule has 7 heteroatoms. The van der Waals surface area contributed by atoms with Crippen molar-refractivity contribution in [1.29, 1.82) is 5.26 Å². The third kappa shape index (κ3) is 3.21. The van der Waals surface area contributed by atoms with Gasteiger partial charge in [0.15, 0.2) is 16.9 Å². The molecule has 0 saturated heterocycles. The lowest BCUT2D eigenvalue weighted by Crippen LogP contribution is -2.18. The zero-order valence-corrected chi connectivity index (χ0v) is 15.7. The molecule has 0 aliphatic rings. The van der Waals surface area contributed by atoms with Gasteiger partial charge in [0, 0.05) is 30.9 Å². The molecule has 0 fully saturated rings. The molecule has 2 heterocycles. The zero-order chi connectivity index (χ0) is 18.8. The predicted molar refractivity (Wildman–Crippen MR) is 104 cm³/mol. The van der Waals surface area contributed by atoms with Crippen LogP contribution in [0.2, 0.25) is 0 Å². The van der Waals surface area contributed by atoms with Crippen LogP contribution < -0.4 is 4.90 Å². The van der Waals surface area contributed by atoms with Gasteiger partial charge in [-0.3, -0.25) is 0 Å². The van der Waals surface area contributed by atoms with Crippen LogP contribution in [-0.2, 0) is 23.3 Å². The third-order valence-corrected chi connectivity index (χ3v) is 4.83. The molecule has 0 spiro atoms. The summed E-state index contributed by atoms with van der Waals surface area (Å²) >= 11 is -2.01. The molecule has 0 amide bonds. The number of hydrogen-bond acceptors (Lipinski definition) is 4. The van der Waals surface area contributed by atoms with Gasteiger partial charge >= 0.3 is 0 Å². The Bertz CT molecular complexity index is 1030. The van der Waals surface area contributed by atoms with E-state index >= 15 is 0 Å². The number of nitriles is 1. The molecule has 26 heavy (non-hydrogen) atoms. The Morgan fingerprint density at radius 1 is 1.31 bits per heavy atom. The zero-order valence-electron chi connectivity index (χ0n) is 14.9. The molecule has 1 aromatic carbocycles. The summed E-state index contributed by atoms with van der Waals surface area (Å²) in [6, 6.07) is 13.4. The monoisotopic (exact) mass is 368 g/mol. The summed E-state index contributed by atoms with van der Waals surface area (Å²) in [7, 11) is 3.73. The van der Waals surface area contributed by atoms with Crippen molar-refractivity contribution in [2.75, 3.05) is 19.0 Å². The molecule has 0 bridgehead atoms. The van der Waals surface area contributed by atoms with Crippen LogP contribution in [0.4, 0.5) is 5.82 Å². The molecule has 0 radical (unpaired) electrons. The second-order valence-corrected chi connectivity index (χ2v) is 7.14. The van der Waals surface area contributed by atoms with Crippen molar-refractivity contribution in [2.24, 2.45) is 0 Å². The topological polar surface area (TPSA) is 81.6 Å². The van der Waals surface area contributed by atoms with Crippen LogP contribution in [0.25, 0.3) is 16.6 Å². The van der Waals surface area contributed by atoms with Crippen LogP contribution >= 0.6 is 0 Å². The highest BCUT2D eigenvalue weighted by molar-refractivity contribution is 7.78. The van der Waals surface area contributed by atoms with E-state index in [4.69, 9.17) is 5.10 Å². The van der Waals surface area contributed by atoms with E-state index in [9.17, 15) is 14.0 Å². The maximum absolute atomic E-state index is 11.7. The van der Waals surface area contributed by atoms with E-state index in [1.165, 1.54) is 0 Å². The van der Waals surface area contributed by atoms with Crippen molar-refractivity contribution in [2.45, 2.75) is 19.1 Å². The summed E-state index contributed by atoms with van der Waals surface area (Å²) in [6.45, 7) is 2.06. The highest BCUT2D eigenvalue weighted by atomic mass is 32.2. The number of aryl methyl sites for hydroxylation is 1. The Hall–Kier alpha value is -2.69. The number of anilines is 1. The van der Waals surface area contributed by atoms with Crippen molar-refractivity contribution in [3.63, 3.8) is 0 Å². The minimum atomic E-state index is -2.01. The first kappa shape index (κ1) is 18.1. The SMILES string of the molecule is CCc1ccc2c(-c3cccc(C#N)c3)c(CS(=O)O)c(N(C)C)nn12. The highest BCUT2D eigenvalue weighted by Crippen LogP contribution is 2.35. The smallest absolute Gasteiger partial charge is 0.157 e. The average Bonchev–Trinajstić information content (AvgIpc) is 3.03. The van der Waals surface area contributed by atoms with Crippen molar-refractivity contribution in [3.8, 4) is 17.2 Å². The Morgan fingerprint density at radius 3 is 2.69 bits per heavy atom. The van der Waals surface area contributed by atoms with Crippen molar-refractivity contribution in [3.05, 3.63) is 53.2 Å². The quantitative estimate of drug-likeness (QED) is 0.699. The van der Waals surface area contributed by atoms with Gasteiger partial charge in [-0.15, -0.1) is 5.10 Å². The molecule has 0 aliphatic heterocycles. The molecule has 1 unspecified atom stereocenters. The number of aromatic nitrogens is 2. The van der Waals surface area contributed by atoms with Crippen LogP contribution in [0.5, 0.6) is 0 Å². The third-order valence-electron chi connectivity index (χ3n) is 4.29. The van der Waals surface area contributed by atoms with Gasteiger partial charge in [0.05, 0.1) is 22.9 Å². The molecule has 2 aromatic heterocycles. The summed E-state index contributed by atoms with van der Waals surface area (Å²) in [4.78, 5) is 1.85. The number of fused-ring (bicyclic) bond motifs is 1. The predicted octanol–water partition coefficient (Wildman–Crippen LogP) is 3.22. The summed E-state index contributed by atoms with van der Waals surface area (Å²) in [5.41, 5.74) is 4.82. The van der Waals surface area contributed by atoms with Gasteiger partial charge in [0.1, 0.15) is 0 Å². The van der Waals surface area contributed by atoms with Gasteiger partial charge in [-0.1, -0.05) is 19.1 Å². The molecule has 1 atom stereocenters. The first-order valence-corrected chi connectivity index (χ1v) is 9.52. The van der Waals surface area contributed by atoms with Gasteiger partial charge in [-0.05, 0) is 36.2 Å². The molecular formula is C19H20N4O2S. The maximum Gasteiger partial charge on any atom is 0.157 e. The van der Waals surface area contributed by atoms with E-state index in [-0.39, 0.29) is 5.75 Å². The average molecular weight is 368 g/mol. The lowest BCUT2D eigenvalue weighted by atomic mass is 9.99. The van der Waals surface area contributed by atoms with Gasteiger partial charge < -0.3 is 9.45 Å². The Labute approximate surface area is 155 Å². The second kappa shape index (κ2) is 7.28. The first-order valence-electron chi connectivity index (χ1n) is 8.25. The van der Waals surface area contributed by atoms with E-state index in [2.05, 4.69) is 13.0 Å². The van der Waals surface area contributed by atoms with Crippen LogP contribution in [0, 0.1) is 11.3 Å².